The number of amides is 1. The number of hydrogen-bond acceptors (Lipinski definition) is 5. The minimum Gasteiger partial charge on any atom is -0.383 e. The fourth-order valence-electron chi connectivity index (χ4n) is 3.43. The summed E-state index contributed by atoms with van der Waals surface area (Å²) >= 11 is 0. The lowest BCUT2D eigenvalue weighted by Gasteiger charge is -2.21. The Balaban J connectivity index is 1.58. The summed E-state index contributed by atoms with van der Waals surface area (Å²) in [6, 6.07) is 14.1. The predicted octanol–water partition coefficient (Wildman–Crippen LogP) is 2.44. The van der Waals surface area contributed by atoms with Gasteiger partial charge in [0.1, 0.15) is 5.82 Å². The number of carbonyl (C=O) groups is 1. The quantitative estimate of drug-likeness (QED) is 0.750. The molecule has 0 saturated carbocycles. The highest BCUT2D eigenvalue weighted by atomic mass is 16.2. The third kappa shape index (κ3) is 2.65. The number of aromatic nitrogens is 2. The van der Waals surface area contributed by atoms with E-state index in [1.54, 1.807) is 4.90 Å². The van der Waals surface area contributed by atoms with E-state index >= 15 is 0 Å². The van der Waals surface area contributed by atoms with Crippen molar-refractivity contribution < 1.29 is 4.79 Å². The first-order chi connectivity index (χ1) is 12.0. The predicted molar refractivity (Wildman–Crippen MR) is 97.5 cm³/mol. The summed E-state index contributed by atoms with van der Waals surface area (Å²) in [4.78, 5) is 22.9. The van der Waals surface area contributed by atoms with Crippen LogP contribution >= 0.6 is 0 Å². The van der Waals surface area contributed by atoms with E-state index in [0.717, 1.165) is 22.2 Å². The summed E-state index contributed by atoms with van der Waals surface area (Å²) in [5.74, 6) is 0.543. The molecule has 0 radical (unpaired) electrons. The van der Waals surface area contributed by atoms with Crippen LogP contribution in [0.5, 0.6) is 0 Å². The average molecular weight is 333 g/mol. The molecule has 1 atom stereocenters. The summed E-state index contributed by atoms with van der Waals surface area (Å²) in [5, 5.41) is 2.30. The first kappa shape index (κ1) is 15.4. The molecule has 3 aromatic rings. The number of anilines is 2. The number of carbonyl (C=O) groups excluding carboxylic acids is 1. The lowest BCUT2D eigenvalue weighted by molar-refractivity contribution is -0.132. The first-order valence-corrected chi connectivity index (χ1v) is 8.22. The second kappa shape index (κ2) is 5.73. The SMILES string of the molecule is C[C@@H]1c2nc(N)nc(N)c2CN1C(=O)Cc1ccc2ccccc2c1. The third-order valence-electron chi connectivity index (χ3n) is 4.77. The third-order valence-corrected chi connectivity index (χ3v) is 4.77. The zero-order valence-corrected chi connectivity index (χ0v) is 13.9. The fourth-order valence-corrected chi connectivity index (χ4v) is 3.43. The van der Waals surface area contributed by atoms with Crippen molar-refractivity contribution in [1.82, 2.24) is 14.9 Å². The number of nitrogens with zero attached hydrogens (tertiary/aromatic N) is 3. The number of hydrogen-bond donors (Lipinski definition) is 2. The molecule has 0 spiro atoms. The van der Waals surface area contributed by atoms with Gasteiger partial charge in [0.05, 0.1) is 24.7 Å². The van der Waals surface area contributed by atoms with Gasteiger partial charge >= 0.3 is 0 Å². The van der Waals surface area contributed by atoms with Crippen LogP contribution < -0.4 is 11.5 Å². The Morgan fingerprint density at radius 1 is 1.16 bits per heavy atom. The highest BCUT2D eigenvalue weighted by Gasteiger charge is 2.33. The van der Waals surface area contributed by atoms with Crippen LogP contribution in [0.3, 0.4) is 0 Å². The Labute approximate surface area is 145 Å². The summed E-state index contributed by atoms with van der Waals surface area (Å²) < 4.78 is 0. The van der Waals surface area contributed by atoms with Crippen LogP contribution in [0.4, 0.5) is 11.8 Å². The van der Waals surface area contributed by atoms with Gasteiger partial charge in [-0.3, -0.25) is 4.79 Å². The normalized spacial score (nSPS) is 16.2. The number of nitrogens with two attached hydrogens (primary N) is 2. The maximum Gasteiger partial charge on any atom is 0.227 e. The zero-order chi connectivity index (χ0) is 17.6. The van der Waals surface area contributed by atoms with Crippen LogP contribution in [0.1, 0.15) is 29.8 Å². The molecule has 0 unspecified atom stereocenters. The van der Waals surface area contributed by atoms with Crippen molar-refractivity contribution in [3.63, 3.8) is 0 Å². The van der Waals surface area contributed by atoms with E-state index in [-0.39, 0.29) is 17.9 Å². The topological polar surface area (TPSA) is 98.1 Å². The van der Waals surface area contributed by atoms with E-state index in [1.807, 2.05) is 31.2 Å². The van der Waals surface area contributed by atoms with Gasteiger partial charge in [-0.25, -0.2) is 4.98 Å². The Morgan fingerprint density at radius 3 is 2.72 bits per heavy atom. The number of nitrogen functional groups attached to an aromatic ring is 2. The van der Waals surface area contributed by atoms with Gasteiger partial charge in [-0.2, -0.15) is 4.98 Å². The molecule has 0 fully saturated rings. The Kier molecular flexibility index (Phi) is 3.53. The van der Waals surface area contributed by atoms with Gasteiger partial charge in [-0.1, -0.05) is 42.5 Å². The fraction of sp³-hybridized carbons (Fsp3) is 0.211. The monoisotopic (exact) mass is 333 g/mol. The van der Waals surface area contributed by atoms with Crippen LogP contribution in [0.2, 0.25) is 0 Å². The van der Waals surface area contributed by atoms with Gasteiger partial charge in [0, 0.05) is 5.56 Å². The summed E-state index contributed by atoms with van der Waals surface area (Å²) in [7, 11) is 0. The molecular weight excluding hydrogens is 314 g/mol. The molecule has 2 aromatic carbocycles. The van der Waals surface area contributed by atoms with Crippen LogP contribution in [0.25, 0.3) is 10.8 Å². The molecule has 25 heavy (non-hydrogen) atoms. The molecule has 1 amide bonds. The van der Waals surface area contributed by atoms with Crippen LogP contribution in [-0.4, -0.2) is 20.8 Å². The zero-order valence-electron chi connectivity index (χ0n) is 13.9. The maximum absolute atomic E-state index is 12.8. The smallest absolute Gasteiger partial charge is 0.227 e. The summed E-state index contributed by atoms with van der Waals surface area (Å²) in [6.45, 7) is 2.37. The minimum atomic E-state index is -0.157. The van der Waals surface area contributed by atoms with E-state index in [9.17, 15) is 4.79 Å². The highest BCUT2D eigenvalue weighted by Crippen LogP contribution is 2.35. The molecule has 6 heteroatoms. The van der Waals surface area contributed by atoms with E-state index in [1.165, 1.54) is 5.39 Å². The van der Waals surface area contributed by atoms with Crippen LogP contribution in [0, 0.1) is 0 Å². The van der Waals surface area contributed by atoms with Crippen molar-refractivity contribution in [2.24, 2.45) is 0 Å². The van der Waals surface area contributed by atoms with Crippen LogP contribution in [-0.2, 0) is 17.8 Å². The van der Waals surface area contributed by atoms with Crippen molar-refractivity contribution in [3.05, 3.63) is 59.3 Å². The lowest BCUT2D eigenvalue weighted by Crippen LogP contribution is -2.29. The first-order valence-electron chi connectivity index (χ1n) is 8.22. The van der Waals surface area contributed by atoms with Crippen molar-refractivity contribution in [2.45, 2.75) is 25.9 Å². The van der Waals surface area contributed by atoms with Gasteiger partial charge in [0.15, 0.2) is 0 Å². The Bertz CT molecular complexity index is 985. The van der Waals surface area contributed by atoms with Crippen molar-refractivity contribution >= 4 is 28.4 Å². The maximum atomic E-state index is 12.8. The lowest BCUT2D eigenvalue weighted by atomic mass is 10.0. The van der Waals surface area contributed by atoms with E-state index in [4.69, 9.17) is 11.5 Å². The molecule has 4 rings (SSSR count). The summed E-state index contributed by atoms with van der Waals surface area (Å²) in [5.41, 5.74) is 14.2. The van der Waals surface area contributed by atoms with Gasteiger partial charge in [0.2, 0.25) is 11.9 Å². The van der Waals surface area contributed by atoms with Crippen molar-refractivity contribution in [2.75, 3.05) is 11.5 Å². The highest BCUT2D eigenvalue weighted by molar-refractivity contribution is 5.86. The van der Waals surface area contributed by atoms with Crippen molar-refractivity contribution in [3.8, 4) is 0 Å². The standard InChI is InChI=1S/C19H19N5O/c1-11-17-15(18(20)23-19(21)22-17)10-24(11)16(25)9-12-6-7-13-4-2-3-5-14(13)8-12/h2-8,11H,9-10H2,1H3,(H4,20,21,22,23)/t11-/m1/s1. The molecule has 0 aliphatic carbocycles. The molecule has 126 valence electrons. The minimum absolute atomic E-state index is 0.0405. The largest absolute Gasteiger partial charge is 0.383 e. The second-order valence-corrected chi connectivity index (χ2v) is 6.39. The molecule has 6 nitrogen and oxygen atoms in total. The number of rotatable bonds is 2. The molecule has 2 heterocycles. The molecular formula is C19H19N5O. The average Bonchev–Trinajstić information content (AvgIpc) is 2.92. The van der Waals surface area contributed by atoms with Crippen LogP contribution in [0.15, 0.2) is 42.5 Å². The summed E-state index contributed by atoms with van der Waals surface area (Å²) in [6.07, 6.45) is 0.339. The van der Waals surface area contributed by atoms with E-state index in [2.05, 4.69) is 28.2 Å². The molecule has 4 N–H and O–H groups in total. The molecule has 1 aromatic heterocycles. The van der Waals surface area contributed by atoms with E-state index < -0.39 is 0 Å². The Morgan fingerprint density at radius 2 is 1.92 bits per heavy atom. The number of fused-ring (bicyclic) bond motifs is 2. The van der Waals surface area contributed by atoms with Gasteiger partial charge in [-0.05, 0) is 23.3 Å². The molecule has 0 saturated heterocycles. The van der Waals surface area contributed by atoms with E-state index in [0.29, 0.717) is 18.8 Å². The molecule has 1 aliphatic rings. The molecule has 1 aliphatic heterocycles. The van der Waals surface area contributed by atoms with Gasteiger partial charge in [-0.15, -0.1) is 0 Å². The second-order valence-electron chi connectivity index (χ2n) is 6.39. The van der Waals surface area contributed by atoms with Gasteiger partial charge in [0.25, 0.3) is 0 Å². The van der Waals surface area contributed by atoms with Crippen molar-refractivity contribution in [1.29, 1.82) is 0 Å². The Hall–Kier alpha value is -3.15. The van der Waals surface area contributed by atoms with Gasteiger partial charge < -0.3 is 16.4 Å². The molecule has 0 bridgehead atoms. The number of benzene rings is 2.